The molecule has 0 amide bonds. The van der Waals surface area contributed by atoms with Gasteiger partial charge in [-0.3, -0.25) is 0 Å². The van der Waals surface area contributed by atoms with Crippen molar-refractivity contribution in [2.24, 2.45) is 5.16 Å². The summed E-state index contributed by atoms with van der Waals surface area (Å²) in [4.78, 5) is 0. The molecule has 0 fully saturated rings. The van der Waals surface area contributed by atoms with Crippen molar-refractivity contribution in [1.29, 1.82) is 0 Å². The number of rotatable bonds is 0. The number of alkyl halides is 4. The molecule has 0 saturated carbocycles. The lowest BCUT2D eigenvalue weighted by Crippen LogP contribution is -2.41. The van der Waals surface area contributed by atoms with E-state index in [1.807, 2.05) is 5.16 Å². The SMILES string of the molecule is O/N=C1/C(Cl)=C(Cl)C(F)(F)C1(F)F. The van der Waals surface area contributed by atoms with Crippen LogP contribution in [0.25, 0.3) is 0 Å². The Bertz CT molecular complexity index is 312. The number of hydrogen-bond acceptors (Lipinski definition) is 2. The molecule has 2 nitrogen and oxygen atoms in total. The second kappa shape index (κ2) is 2.75. The minimum atomic E-state index is -4.67. The van der Waals surface area contributed by atoms with E-state index in [2.05, 4.69) is 0 Å². The molecule has 0 spiro atoms. The Kier molecular flexibility index (Phi) is 2.24. The van der Waals surface area contributed by atoms with Gasteiger partial charge >= 0.3 is 11.8 Å². The summed E-state index contributed by atoms with van der Waals surface area (Å²) in [5.74, 6) is -9.29. The van der Waals surface area contributed by atoms with Crippen molar-refractivity contribution in [1.82, 2.24) is 0 Å². The average Bonchev–Trinajstić information content (AvgIpc) is 2.12. The molecule has 0 radical (unpaired) electrons. The second-order valence-electron chi connectivity index (χ2n) is 2.23. The maximum absolute atomic E-state index is 12.6. The topological polar surface area (TPSA) is 32.6 Å². The summed E-state index contributed by atoms with van der Waals surface area (Å²) < 4.78 is 50.4. The third kappa shape index (κ3) is 1.12. The van der Waals surface area contributed by atoms with Gasteiger partial charge in [-0.1, -0.05) is 28.4 Å². The van der Waals surface area contributed by atoms with E-state index in [4.69, 9.17) is 28.4 Å². The van der Waals surface area contributed by atoms with Gasteiger partial charge in [0.15, 0.2) is 5.71 Å². The molecule has 1 N–H and O–H groups in total. The Morgan fingerprint density at radius 1 is 1.08 bits per heavy atom. The fourth-order valence-corrected chi connectivity index (χ4v) is 1.26. The fraction of sp³-hybridized carbons (Fsp3) is 0.400. The predicted molar refractivity (Wildman–Crippen MR) is 37.8 cm³/mol. The van der Waals surface area contributed by atoms with Crippen molar-refractivity contribution in [2.75, 3.05) is 0 Å². The van der Waals surface area contributed by atoms with Crippen LogP contribution in [0.3, 0.4) is 0 Å². The zero-order valence-corrected chi connectivity index (χ0v) is 7.17. The second-order valence-corrected chi connectivity index (χ2v) is 2.98. The minimum Gasteiger partial charge on any atom is -0.410 e. The van der Waals surface area contributed by atoms with Crippen LogP contribution in [0.15, 0.2) is 15.2 Å². The normalized spacial score (nSPS) is 28.6. The quantitative estimate of drug-likeness (QED) is 0.392. The van der Waals surface area contributed by atoms with Crippen LogP contribution in [0.5, 0.6) is 0 Å². The highest BCUT2D eigenvalue weighted by atomic mass is 35.5. The first-order chi connectivity index (χ1) is 5.76. The Balaban J connectivity index is 3.38. The Morgan fingerprint density at radius 2 is 1.54 bits per heavy atom. The van der Waals surface area contributed by atoms with E-state index in [0.717, 1.165) is 0 Å². The van der Waals surface area contributed by atoms with Gasteiger partial charge in [-0.2, -0.15) is 17.6 Å². The first-order valence-electron chi connectivity index (χ1n) is 2.81. The van der Waals surface area contributed by atoms with Crippen LogP contribution in [0.4, 0.5) is 17.6 Å². The molecule has 0 bridgehead atoms. The standard InChI is InChI=1S/C5HCl2F4NO/c6-1-2(7)4(8,9)5(10,11)3(1)12-13/h13H/b12-3-. The van der Waals surface area contributed by atoms with Crippen LogP contribution in [-0.2, 0) is 0 Å². The van der Waals surface area contributed by atoms with Crippen LogP contribution < -0.4 is 0 Å². The summed E-state index contributed by atoms with van der Waals surface area (Å²) >= 11 is 9.83. The Morgan fingerprint density at radius 3 is 1.69 bits per heavy atom. The molecule has 13 heavy (non-hydrogen) atoms. The predicted octanol–water partition coefficient (Wildman–Crippen LogP) is 2.79. The van der Waals surface area contributed by atoms with Gasteiger partial charge in [-0.05, 0) is 0 Å². The van der Waals surface area contributed by atoms with Crippen molar-refractivity contribution in [3.63, 3.8) is 0 Å². The molecule has 74 valence electrons. The molecule has 8 heteroatoms. The van der Waals surface area contributed by atoms with Gasteiger partial charge in [0.1, 0.15) is 5.03 Å². The molecule has 1 aliphatic carbocycles. The fourth-order valence-electron chi connectivity index (χ4n) is 0.773. The van der Waals surface area contributed by atoms with Gasteiger partial charge in [0, 0.05) is 0 Å². The molecule has 0 aromatic carbocycles. The van der Waals surface area contributed by atoms with E-state index >= 15 is 0 Å². The molecular weight excluding hydrogens is 237 g/mol. The lowest BCUT2D eigenvalue weighted by molar-refractivity contribution is -0.130. The Hall–Kier alpha value is -0.490. The van der Waals surface area contributed by atoms with Gasteiger partial charge in [-0.25, -0.2) is 0 Å². The largest absolute Gasteiger partial charge is 0.410 e. The van der Waals surface area contributed by atoms with Crippen molar-refractivity contribution in [2.45, 2.75) is 11.8 Å². The number of hydrogen-bond donors (Lipinski definition) is 1. The van der Waals surface area contributed by atoms with Gasteiger partial charge in [-0.15, -0.1) is 0 Å². The molecule has 1 rings (SSSR count). The van der Waals surface area contributed by atoms with Crippen LogP contribution >= 0.6 is 23.2 Å². The number of allylic oxidation sites excluding steroid dienone is 2. The average molecular weight is 238 g/mol. The summed E-state index contributed by atoms with van der Waals surface area (Å²) in [5, 5.41) is 7.35. The maximum atomic E-state index is 12.6. The first-order valence-corrected chi connectivity index (χ1v) is 3.56. The number of oxime groups is 1. The van der Waals surface area contributed by atoms with E-state index in [0.29, 0.717) is 0 Å². The third-order valence-corrected chi connectivity index (χ3v) is 2.36. The summed E-state index contributed by atoms with van der Waals surface area (Å²) in [7, 11) is 0. The smallest absolute Gasteiger partial charge is 0.361 e. The van der Waals surface area contributed by atoms with Crippen LogP contribution in [-0.4, -0.2) is 22.8 Å². The Labute approximate surface area is 79.4 Å². The van der Waals surface area contributed by atoms with Crippen molar-refractivity contribution in [3.05, 3.63) is 10.1 Å². The first kappa shape index (κ1) is 10.6. The van der Waals surface area contributed by atoms with Gasteiger partial charge in [0.2, 0.25) is 0 Å². The maximum Gasteiger partial charge on any atom is 0.361 e. The summed E-state index contributed by atoms with van der Waals surface area (Å²) in [6, 6.07) is 0. The molecule has 0 unspecified atom stereocenters. The van der Waals surface area contributed by atoms with Gasteiger partial charge in [0.25, 0.3) is 0 Å². The van der Waals surface area contributed by atoms with Crippen LogP contribution in [0.1, 0.15) is 0 Å². The molecule has 0 saturated heterocycles. The van der Waals surface area contributed by atoms with Crippen molar-refractivity contribution < 1.29 is 22.8 Å². The van der Waals surface area contributed by atoms with Crippen molar-refractivity contribution in [3.8, 4) is 0 Å². The van der Waals surface area contributed by atoms with E-state index in [1.165, 1.54) is 0 Å². The third-order valence-electron chi connectivity index (χ3n) is 1.47. The number of halogens is 6. The van der Waals surface area contributed by atoms with Crippen molar-refractivity contribution >= 4 is 28.9 Å². The van der Waals surface area contributed by atoms with E-state index in [-0.39, 0.29) is 0 Å². The molecule has 0 atom stereocenters. The highest BCUT2D eigenvalue weighted by Crippen LogP contribution is 2.51. The van der Waals surface area contributed by atoms with E-state index < -0.39 is 27.6 Å². The molecule has 1 aliphatic rings. The highest BCUT2D eigenvalue weighted by molar-refractivity contribution is 6.52. The summed E-state index contributed by atoms with van der Waals surface area (Å²) in [6.45, 7) is 0. The summed E-state index contributed by atoms with van der Waals surface area (Å²) in [6.07, 6.45) is 0. The molecular formula is C5HCl2F4NO. The van der Waals surface area contributed by atoms with Crippen LogP contribution in [0.2, 0.25) is 0 Å². The van der Waals surface area contributed by atoms with E-state index in [9.17, 15) is 17.6 Å². The molecule has 0 aromatic rings. The van der Waals surface area contributed by atoms with Gasteiger partial charge in [0.05, 0.1) is 5.03 Å². The molecule has 0 aromatic heterocycles. The lowest BCUT2D eigenvalue weighted by Gasteiger charge is -2.18. The van der Waals surface area contributed by atoms with Crippen LogP contribution in [0, 0.1) is 0 Å². The zero-order valence-electron chi connectivity index (χ0n) is 5.66. The highest BCUT2D eigenvalue weighted by Gasteiger charge is 2.69. The number of nitrogens with zero attached hydrogens (tertiary/aromatic N) is 1. The zero-order chi connectivity index (χ0) is 10.4. The lowest BCUT2D eigenvalue weighted by atomic mass is 10.2. The van der Waals surface area contributed by atoms with E-state index in [1.54, 1.807) is 0 Å². The minimum absolute atomic E-state index is 1.13. The molecule has 0 heterocycles. The molecule has 0 aliphatic heterocycles. The van der Waals surface area contributed by atoms with Gasteiger partial charge < -0.3 is 5.21 Å². The monoisotopic (exact) mass is 237 g/mol. The summed E-state index contributed by atoms with van der Waals surface area (Å²) in [5.41, 5.74) is -1.62.